The molecule has 0 radical (unpaired) electrons. The molecule has 4 aromatic rings. The van der Waals surface area contributed by atoms with Crippen LogP contribution in [0.1, 0.15) is 12.6 Å². The summed E-state index contributed by atoms with van der Waals surface area (Å²) >= 11 is 6.38. The molecule has 152 valence electrons. The third-order valence-corrected chi connectivity index (χ3v) is 5.41. The predicted molar refractivity (Wildman–Crippen MR) is 116 cm³/mol. The summed E-state index contributed by atoms with van der Waals surface area (Å²) in [5.74, 6) is 1.60. The molecule has 5 rings (SSSR count). The molecule has 0 unspecified atom stereocenters. The molecule has 0 amide bonds. The molecule has 0 aliphatic carbocycles. The van der Waals surface area contributed by atoms with E-state index in [1.54, 1.807) is 12.1 Å². The summed E-state index contributed by atoms with van der Waals surface area (Å²) in [4.78, 5) is 4.72. The van der Waals surface area contributed by atoms with Gasteiger partial charge in [0.2, 0.25) is 0 Å². The number of pyridine rings is 1. The summed E-state index contributed by atoms with van der Waals surface area (Å²) in [5, 5.41) is 3.72. The van der Waals surface area contributed by atoms with Gasteiger partial charge in [-0.3, -0.25) is 4.40 Å². The van der Waals surface area contributed by atoms with Crippen LogP contribution in [0.25, 0.3) is 16.9 Å². The number of aromatic nitrogens is 2. The minimum absolute atomic E-state index is 0.268. The van der Waals surface area contributed by atoms with Gasteiger partial charge >= 0.3 is 0 Å². The fraction of sp³-hybridized carbons (Fsp3) is 0.174. The van der Waals surface area contributed by atoms with Crippen molar-refractivity contribution >= 4 is 28.8 Å². The molecule has 7 heteroatoms. The predicted octanol–water partition coefficient (Wildman–Crippen LogP) is 5.87. The Kier molecular flexibility index (Phi) is 4.71. The number of hydrogen-bond donors (Lipinski definition) is 1. The number of imidazole rings is 1. The van der Waals surface area contributed by atoms with E-state index in [9.17, 15) is 4.39 Å². The average Bonchev–Trinajstić information content (AvgIpc) is 3.11. The van der Waals surface area contributed by atoms with Crippen LogP contribution in [0.3, 0.4) is 0 Å². The first-order chi connectivity index (χ1) is 14.7. The Balaban J connectivity index is 1.71. The average molecular weight is 424 g/mol. The molecule has 0 saturated carbocycles. The number of nitrogens with one attached hydrogen (secondary N) is 1. The Morgan fingerprint density at radius 1 is 1.07 bits per heavy atom. The maximum Gasteiger partial charge on any atom is 0.163 e. The molecule has 0 atom stereocenters. The highest BCUT2D eigenvalue weighted by Crippen LogP contribution is 2.39. The van der Waals surface area contributed by atoms with Crippen molar-refractivity contribution in [2.75, 3.05) is 18.5 Å². The quantitative estimate of drug-likeness (QED) is 0.446. The van der Waals surface area contributed by atoms with Crippen molar-refractivity contribution in [1.29, 1.82) is 0 Å². The second-order valence-corrected chi connectivity index (χ2v) is 7.36. The zero-order chi connectivity index (χ0) is 20.7. The molecular weight excluding hydrogens is 405 g/mol. The van der Waals surface area contributed by atoms with Crippen molar-refractivity contribution in [1.82, 2.24) is 9.38 Å². The summed E-state index contributed by atoms with van der Waals surface area (Å²) in [5.41, 5.74) is 3.25. The van der Waals surface area contributed by atoms with Crippen molar-refractivity contribution in [3.8, 4) is 22.8 Å². The number of anilines is 2. The molecule has 3 heterocycles. The fourth-order valence-electron chi connectivity index (χ4n) is 3.71. The fourth-order valence-corrected chi connectivity index (χ4v) is 3.96. The van der Waals surface area contributed by atoms with Crippen molar-refractivity contribution < 1.29 is 13.9 Å². The number of hydrogen-bond acceptors (Lipinski definition) is 4. The molecule has 0 saturated heterocycles. The van der Waals surface area contributed by atoms with Gasteiger partial charge < -0.3 is 14.8 Å². The van der Waals surface area contributed by atoms with Gasteiger partial charge in [-0.25, -0.2) is 9.37 Å². The molecule has 0 fully saturated rings. The van der Waals surface area contributed by atoms with Crippen molar-refractivity contribution in [2.24, 2.45) is 0 Å². The molecule has 5 nitrogen and oxygen atoms in total. The van der Waals surface area contributed by atoms with Crippen LogP contribution in [0.15, 0.2) is 54.6 Å². The first kappa shape index (κ1) is 18.8. The van der Waals surface area contributed by atoms with Gasteiger partial charge in [0.1, 0.15) is 36.2 Å². The molecular formula is C23H19ClFN3O2. The third kappa shape index (κ3) is 3.13. The summed E-state index contributed by atoms with van der Waals surface area (Å²) in [6.07, 6.45) is 0.786. The number of aryl methyl sites for hydroxylation is 1. The van der Waals surface area contributed by atoms with E-state index >= 15 is 0 Å². The second kappa shape index (κ2) is 7.54. The lowest BCUT2D eigenvalue weighted by Gasteiger charge is -2.19. The Morgan fingerprint density at radius 2 is 1.87 bits per heavy atom. The standard InChI is InChI=1S/C23H19ClFN3O2/c1-2-15-5-3-8-20-27-22(21-16(24)6-4-7-17(21)25)23(28(15)20)26-14-9-10-18-19(13-14)30-12-11-29-18/h3-10,13,26H,2,11-12H2,1H3. The van der Waals surface area contributed by atoms with E-state index in [0.717, 1.165) is 17.8 Å². The Hall–Kier alpha value is -3.25. The minimum Gasteiger partial charge on any atom is -0.486 e. The van der Waals surface area contributed by atoms with Gasteiger partial charge in [0, 0.05) is 17.4 Å². The maximum atomic E-state index is 14.8. The van der Waals surface area contributed by atoms with E-state index in [4.69, 9.17) is 26.1 Å². The molecule has 0 bridgehead atoms. The lowest BCUT2D eigenvalue weighted by molar-refractivity contribution is 0.171. The number of nitrogens with zero attached hydrogens (tertiary/aromatic N) is 2. The van der Waals surface area contributed by atoms with Gasteiger partial charge in [0.05, 0.1) is 10.6 Å². The zero-order valence-electron chi connectivity index (χ0n) is 16.3. The first-order valence-corrected chi connectivity index (χ1v) is 10.1. The van der Waals surface area contributed by atoms with Gasteiger partial charge in [-0.05, 0) is 42.8 Å². The van der Waals surface area contributed by atoms with Crippen LogP contribution in [0.4, 0.5) is 15.9 Å². The largest absolute Gasteiger partial charge is 0.486 e. The Morgan fingerprint density at radius 3 is 2.67 bits per heavy atom. The van der Waals surface area contributed by atoms with Crippen LogP contribution in [-0.4, -0.2) is 22.6 Å². The van der Waals surface area contributed by atoms with Gasteiger partial charge in [0.15, 0.2) is 11.5 Å². The van der Waals surface area contributed by atoms with Crippen LogP contribution in [0, 0.1) is 5.82 Å². The lowest BCUT2D eigenvalue weighted by atomic mass is 10.1. The van der Waals surface area contributed by atoms with E-state index in [2.05, 4.69) is 12.2 Å². The summed E-state index contributed by atoms with van der Waals surface area (Å²) in [7, 11) is 0. The summed E-state index contributed by atoms with van der Waals surface area (Å²) in [6.45, 7) is 3.10. The topological polar surface area (TPSA) is 47.8 Å². The van der Waals surface area contributed by atoms with E-state index in [1.807, 2.05) is 40.8 Å². The second-order valence-electron chi connectivity index (χ2n) is 6.95. The van der Waals surface area contributed by atoms with Crippen LogP contribution < -0.4 is 14.8 Å². The molecule has 1 N–H and O–H groups in total. The van der Waals surface area contributed by atoms with Gasteiger partial charge in [0.25, 0.3) is 0 Å². The number of fused-ring (bicyclic) bond motifs is 2. The summed E-state index contributed by atoms with van der Waals surface area (Å²) in [6, 6.07) is 16.1. The molecule has 1 aliphatic heterocycles. The van der Waals surface area contributed by atoms with E-state index in [-0.39, 0.29) is 5.56 Å². The number of halogens is 2. The van der Waals surface area contributed by atoms with E-state index in [0.29, 0.717) is 46.9 Å². The van der Waals surface area contributed by atoms with Crippen molar-refractivity contribution in [3.05, 3.63) is 71.1 Å². The maximum absolute atomic E-state index is 14.8. The minimum atomic E-state index is -0.422. The van der Waals surface area contributed by atoms with Crippen molar-refractivity contribution in [2.45, 2.75) is 13.3 Å². The van der Waals surface area contributed by atoms with Gasteiger partial charge in [-0.2, -0.15) is 0 Å². The molecule has 2 aromatic heterocycles. The normalized spacial score (nSPS) is 12.9. The molecule has 2 aromatic carbocycles. The smallest absolute Gasteiger partial charge is 0.163 e. The highest BCUT2D eigenvalue weighted by atomic mass is 35.5. The molecule has 30 heavy (non-hydrogen) atoms. The molecule has 1 aliphatic rings. The SMILES string of the molecule is CCc1cccc2nc(-c3c(F)cccc3Cl)c(Nc3ccc4c(c3)OCCO4)n12. The first-order valence-electron chi connectivity index (χ1n) is 9.77. The number of ether oxygens (including phenoxy) is 2. The lowest BCUT2D eigenvalue weighted by Crippen LogP contribution is -2.15. The highest BCUT2D eigenvalue weighted by molar-refractivity contribution is 6.33. The van der Waals surface area contributed by atoms with Gasteiger partial charge in [-0.1, -0.05) is 30.7 Å². The van der Waals surface area contributed by atoms with Crippen LogP contribution >= 0.6 is 11.6 Å². The van der Waals surface area contributed by atoms with Crippen molar-refractivity contribution in [3.63, 3.8) is 0 Å². The van der Waals surface area contributed by atoms with E-state index < -0.39 is 5.82 Å². The van der Waals surface area contributed by atoms with Crippen LogP contribution in [-0.2, 0) is 6.42 Å². The highest BCUT2D eigenvalue weighted by Gasteiger charge is 2.22. The third-order valence-electron chi connectivity index (χ3n) is 5.09. The van der Waals surface area contributed by atoms with Gasteiger partial charge in [-0.15, -0.1) is 0 Å². The Labute approximate surface area is 178 Å². The summed E-state index contributed by atoms with van der Waals surface area (Å²) < 4.78 is 28.1. The van der Waals surface area contributed by atoms with Crippen LogP contribution in [0.2, 0.25) is 5.02 Å². The Bertz CT molecular complexity index is 1230. The molecule has 0 spiro atoms. The van der Waals surface area contributed by atoms with Crippen LogP contribution in [0.5, 0.6) is 11.5 Å². The monoisotopic (exact) mass is 423 g/mol. The number of benzene rings is 2. The zero-order valence-corrected chi connectivity index (χ0v) is 17.0. The van der Waals surface area contributed by atoms with E-state index in [1.165, 1.54) is 6.07 Å². The number of rotatable bonds is 4.